The summed E-state index contributed by atoms with van der Waals surface area (Å²) in [7, 11) is 0. The van der Waals surface area contributed by atoms with Crippen molar-refractivity contribution in [2.45, 2.75) is 144 Å². The molecule has 2 aromatic carbocycles. The lowest BCUT2D eigenvalue weighted by molar-refractivity contribution is -0.173. The number of rotatable bonds is 23. The summed E-state index contributed by atoms with van der Waals surface area (Å²) in [6.07, 6.45) is 22.1. The first-order chi connectivity index (χ1) is 29.0. The van der Waals surface area contributed by atoms with Crippen LogP contribution in [0.5, 0.6) is 11.5 Å². The Kier molecular flexibility index (Phi) is 19.7. The van der Waals surface area contributed by atoms with E-state index in [2.05, 4.69) is 52.0 Å². The summed E-state index contributed by atoms with van der Waals surface area (Å²) in [6, 6.07) is 12.5. The van der Waals surface area contributed by atoms with Gasteiger partial charge in [-0.1, -0.05) is 116 Å². The van der Waals surface area contributed by atoms with Gasteiger partial charge in [0.15, 0.2) is 0 Å². The molecule has 0 saturated heterocycles. The molecule has 10 nitrogen and oxygen atoms in total. The van der Waals surface area contributed by atoms with Crippen molar-refractivity contribution in [3.05, 3.63) is 84.0 Å². The van der Waals surface area contributed by atoms with Crippen molar-refractivity contribution >= 4 is 23.9 Å². The molecule has 60 heavy (non-hydrogen) atoms. The Morgan fingerprint density at radius 3 is 1.22 bits per heavy atom. The van der Waals surface area contributed by atoms with Gasteiger partial charge in [-0.15, -0.1) is 0 Å². The number of allylic oxidation sites excluding steroid dienone is 2. The fourth-order valence-electron chi connectivity index (χ4n) is 9.02. The SMILES string of the molecule is CCCC(C)C1(/C=C/COc2ccc(C(=O)O[C@@H](C(=O)OCC)[C@@H](OC(=O)c3ccc(OC/C=C/C4(C(C)CCC)CCCCC4)cc3)C(=O)OCC)cc2)CCCCC1. The highest BCUT2D eigenvalue weighted by Crippen LogP contribution is 2.46. The lowest BCUT2D eigenvalue weighted by Crippen LogP contribution is -2.47. The predicted octanol–water partition coefficient (Wildman–Crippen LogP) is 11.2. The summed E-state index contributed by atoms with van der Waals surface area (Å²) in [6.45, 7) is 12.9. The maximum Gasteiger partial charge on any atom is 0.352 e. The van der Waals surface area contributed by atoms with Crippen molar-refractivity contribution in [3.63, 3.8) is 0 Å². The Balaban J connectivity index is 1.39. The minimum Gasteiger partial charge on any atom is -0.490 e. The van der Waals surface area contributed by atoms with Gasteiger partial charge >= 0.3 is 23.9 Å². The van der Waals surface area contributed by atoms with Crippen molar-refractivity contribution in [2.24, 2.45) is 22.7 Å². The van der Waals surface area contributed by atoms with Crippen LogP contribution in [0.3, 0.4) is 0 Å². The Hall–Kier alpha value is -4.60. The standard InChI is InChI=1S/C50H70O10/c1-7-19-37(5)49(29-13-11-14-30-49)33-17-35-57-41-25-21-39(22-26-41)45(51)59-43(47(53)55-9-3)44(48(54)56-10-4)60-46(52)40-23-27-42(28-24-40)58-36-18-34-50(38(6)20-8-2)31-15-12-16-32-50/h17-18,21-28,33-34,37-38,43-44H,7-16,19-20,29-32,35-36H2,1-6H3/b33-17+,34-18+/t37?,38?,43-,44-/m1/s1. The van der Waals surface area contributed by atoms with Crippen LogP contribution >= 0.6 is 0 Å². The summed E-state index contributed by atoms with van der Waals surface area (Å²) in [4.78, 5) is 53.3. The molecule has 4 atom stereocenters. The van der Waals surface area contributed by atoms with E-state index in [1.807, 2.05) is 0 Å². The van der Waals surface area contributed by atoms with Crippen LogP contribution in [-0.2, 0) is 28.5 Å². The van der Waals surface area contributed by atoms with E-state index in [-0.39, 0.29) is 35.2 Å². The molecule has 2 saturated carbocycles. The highest BCUT2D eigenvalue weighted by Gasteiger charge is 2.43. The van der Waals surface area contributed by atoms with E-state index in [0.717, 1.165) is 0 Å². The van der Waals surface area contributed by atoms with Crippen molar-refractivity contribution in [3.8, 4) is 11.5 Å². The molecular formula is C50H70O10. The van der Waals surface area contributed by atoms with Gasteiger partial charge in [0.05, 0.1) is 24.3 Å². The average Bonchev–Trinajstić information content (AvgIpc) is 3.26. The van der Waals surface area contributed by atoms with Gasteiger partial charge in [0, 0.05) is 0 Å². The summed E-state index contributed by atoms with van der Waals surface area (Å²) in [5.74, 6) is -1.68. The highest BCUT2D eigenvalue weighted by molar-refractivity contribution is 5.96. The van der Waals surface area contributed by atoms with Gasteiger partial charge < -0.3 is 28.4 Å². The van der Waals surface area contributed by atoms with E-state index in [0.29, 0.717) is 36.5 Å². The summed E-state index contributed by atoms with van der Waals surface area (Å²) >= 11 is 0. The molecule has 0 aliphatic heterocycles. The van der Waals surface area contributed by atoms with E-state index < -0.39 is 36.1 Å². The van der Waals surface area contributed by atoms with Gasteiger partial charge in [0.1, 0.15) is 24.7 Å². The Bertz CT molecular complexity index is 1560. The number of benzene rings is 2. The molecule has 2 aliphatic rings. The molecular weight excluding hydrogens is 761 g/mol. The average molecular weight is 831 g/mol. The Morgan fingerprint density at radius 2 is 0.900 bits per heavy atom. The van der Waals surface area contributed by atoms with Gasteiger partial charge in [0.25, 0.3) is 0 Å². The van der Waals surface area contributed by atoms with Crippen LogP contribution in [0.2, 0.25) is 0 Å². The zero-order valence-corrected chi connectivity index (χ0v) is 37.0. The Labute approximate surface area is 358 Å². The topological polar surface area (TPSA) is 124 Å². The van der Waals surface area contributed by atoms with Crippen molar-refractivity contribution in [2.75, 3.05) is 26.4 Å². The van der Waals surface area contributed by atoms with Crippen molar-refractivity contribution < 1.29 is 47.6 Å². The second kappa shape index (κ2) is 24.6. The zero-order chi connectivity index (χ0) is 43.4. The zero-order valence-electron chi connectivity index (χ0n) is 37.0. The van der Waals surface area contributed by atoms with E-state index in [1.165, 1.54) is 114 Å². The molecule has 330 valence electrons. The van der Waals surface area contributed by atoms with Gasteiger partial charge in [-0.05, 0) is 111 Å². The number of carbonyl (C=O) groups is 4. The molecule has 0 radical (unpaired) electrons. The van der Waals surface area contributed by atoms with Crippen LogP contribution < -0.4 is 9.47 Å². The molecule has 10 heteroatoms. The van der Waals surface area contributed by atoms with Gasteiger partial charge in [0.2, 0.25) is 12.2 Å². The van der Waals surface area contributed by atoms with Crippen molar-refractivity contribution in [1.29, 1.82) is 0 Å². The smallest absolute Gasteiger partial charge is 0.352 e. The molecule has 0 spiro atoms. The molecule has 2 fully saturated rings. The molecule has 2 unspecified atom stereocenters. The first kappa shape index (κ1) is 48.1. The third-order valence-corrected chi connectivity index (χ3v) is 12.5. The third kappa shape index (κ3) is 13.7. The lowest BCUT2D eigenvalue weighted by atomic mass is 9.65. The highest BCUT2D eigenvalue weighted by atomic mass is 16.6. The summed E-state index contributed by atoms with van der Waals surface area (Å²) in [5, 5.41) is 0. The van der Waals surface area contributed by atoms with Gasteiger partial charge in [-0.2, -0.15) is 0 Å². The molecule has 2 aliphatic carbocycles. The van der Waals surface area contributed by atoms with Gasteiger partial charge in [-0.3, -0.25) is 0 Å². The first-order valence-electron chi connectivity index (χ1n) is 22.6. The van der Waals surface area contributed by atoms with E-state index in [9.17, 15) is 19.2 Å². The fraction of sp³-hybridized carbons (Fsp3) is 0.600. The second-order valence-electron chi connectivity index (χ2n) is 16.6. The number of esters is 4. The minimum atomic E-state index is -1.94. The molecule has 0 aromatic heterocycles. The van der Waals surface area contributed by atoms with Crippen molar-refractivity contribution in [1.82, 2.24) is 0 Å². The first-order valence-corrected chi connectivity index (χ1v) is 22.6. The lowest BCUT2D eigenvalue weighted by Gasteiger charge is -2.40. The molecule has 0 heterocycles. The molecule has 0 bridgehead atoms. The molecule has 0 N–H and O–H groups in total. The van der Waals surface area contributed by atoms with Crippen LogP contribution in [0, 0.1) is 22.7 Å². The van der Waals surface area contributed by atoms with Crippen LogP contribution in [0.15, 0.2) is 72.8 Å². The van der Waals surface area contributed by atoms with Crippen LogP contribution in [0.1, 0.15) is 152 Å². The fourth-order valence-corrected chi connectivity index (χ4v) is 9.02. The quantitative estimate of drug-likeness (QED) is 0.0607. The van der Waals surface area contributed by atoms with Crippen LogP contribution in [0.25, 0.3) is 0 Å². The monoisotopic (exact) mass is 830 g/mol. The van der Waals surface area contributed by atoms with Gasteiger partial charge in [-0.25, -0.2) is 19.2 Å². The maximum absolute atomic E-state index is 13.4. The van der Waals surface area contributed by atoms with E-state index in [4.69, 9.17) is 28.4 Å². The van der Waals surface area contributed by atoms with Crippen LogP contribution in [-0.4, -0.2) is 62.5 Å². The van der Waals surface area contributed by atoms with E-state index in [1.54, 1.807) is 38.1 Å². The number of carbonyl (C=O) groups excluding carboxylic acids is 4. The number of hydrogen-bond donors (Lipinski definition) is 0. The predicted molar refractivity (Wildman–Crippen MR) is 233 cm³/mol. The summed E-state index contributed by atoms with van der Waals surface area (Å²) in [5.41, 5.74) is 0.590. The summed E-state index contributed by atoms with van der Waals surface area (Å²) < 4.78 is 33.4. The third-order valence-electron chi connectivity index (χ3n) is 12.5. The number of ether oxygens (including phenoxy) is 6. The second-order valence-corrected chi connectivity index (χ2v) is 16.6. The minimum absolute atomic E-state index is 0.0785. The largest absolute Gasteiger partial charge is 0.490 e. The molecule has 2 aromatic rings. The molecule has 4 rings (SSSR count). The van der Waals surface area contributed by atoms with Crippen LogP contribution in [0.4, 0.5) is 0 Å². The maximum atomic E-state index is 13.4. The number of hydrogen-bond acceptors (Lipinski definition) is 10. The Morgan fingerprint density at radius 1 is 0.550 bits per heavy atom. The normalized spacial score (nSPS) is 18.2. The molecule has 0 amide bonds. The van der Waals surface area contributed by atoms with E-state index >= 15 is 0 Å².